The number of hydrogen-bond donors (Lipinski definition) is 5. The molecule has 0 fully saturated rings. The third-order valence-electron chi connectivity index (χ3n) is 5.05. The Hall–Kier alpha value is -2.89. The topological polar surface area (TPSA) is 154 Å². The summed E-state index contributed by atoms with van der Waals surface area (Å²) in [4.78, 5) is 26.0. The highest BCUT2D eigenvalue weighted by Crippen LogP contribution is 2.15. The molecule has 0 radical (unpaired) electrons. The van der Waals surface area contributed by atoms with Gasteiger partial charge in [0, 0.05) is 12.1 Å². The second-order valence-corrected chi connectivity index (χ2v) is 10.6. The number of nitrogens with one attached hydrogen (secondary N) is 4. The molecule has 0 saturated heterocycles. The minimum Gasteiger partial charge on any atom is -0.384 e. The average Bonchev–Trinajstić information content (AvgIpc) is 2.84. The predicted octanol–water partition coefficient (Wildman–Crippen LogP) is 1.51. The molecule has 2 amide bonds. The summed E-state index contributed by atoms with van der Waals surface area (Å²) in [6, 6.07) is 13.4. The number of amidine groups is 1. The van der Waals surface area contributed by atoms with E-state index in [0.29, 0.717) is 23.3 Å². The lowest BCUT2D eigenvalue weighted by Gasteiger charge is -2.23. The van der Waals surface area contributed by atoms with Crippen LogP contribution in [0.3, 0.4) is 0 Å². The van der Waals surface area contributed by atoms with Crippen LogP contribution in [0.2, 0.25) is 0 Å². The van der Waals surface area contributed by atoms with E-state index in [4.69, 9.17) is 11.1 Å². The van der Waals surface area contributed by atoms with Crippen LogP contribution in [0.15, 0.2) is 54.6 Å². The third-order valence-corrected chi connectivity index (χ3v) is 7.05. The zero-order valence-corrected chi connectivity index (χ0v) is 20.8. The zero-order valence-electron chi connectivity index (χ0n) is 19.2. The number of nitrogens with two attached hydrogens (primary N) is 1. The van der Waals surface area contributed by atoms with Gasteiger partial charge in [-0.05, 0) is 36.5 Å². The molecule has 184 valence electrons. The molecule has 0 aromatic heterocycles. The molecule has 0 heterocycles. The van der Waals surface area contributed by atoms with Crippen molar-refractivity contribution in [1.82, 2.24) is 15.4 Å². The smallest absolute Gasteiger partial charge is 0.243 e. The van der Waals surface area contributed by atoms with Crippen molar-refractivity contribution >= 4 is 39.4 Å². The maximum Gasteiger partial charge on any atom is 0.243 e. The van der Waals surface area contributed by atoms with Gasteiger partial charge >= 0.3 is 0 Å². The fraction of sp³-hybridized carbons (Fsp3) is 0.348. The molecule has 0 bridgehead atoms. The molecule has 34 heavy (non-hydrogen) atoms. The lowest BCUT2D eigenvalue weighted by molar-refractivity contribution is -0.130. The molecular formula is C23H31N5O4S2. The van der Waals surface area contributed by atoms with Crippen LogP contribution in [0.4, 0.5) is 0 Å². The Morgan fingerprint density at radius 2 is 1.71 bits per heavy atom. The molecule has 6 N–H and O–H groups in total. The van der Waals surface area contributed by atoms with Gasteiger partial charge in [0.05, 0.1) is 5.75 Å². The molecular weight excluding hydrogens is 474 g/mol. The quantitative estimate of drug-likeness (QED) is 0.205. The average molecular weight is 506 g/mol. The van der Waals surface area contributed by atoms with E-state index in [0.717, 1.165) is 5.56 Å². The lowest BCUT2D eigenvalue weighted by Crippen LogP contribution is -2.50. The Morgan fingerprint density at radius 1 is 1.06 bits per heavy atom. The summed E-state index contributed by atoms with van der Waals surface area (Å²) in [6.45, 7) is 1.72. The SMILES string of the molecule is CCS(=O)(=O)NC(C(=O)NC(CCSC)C(=O)NCc1ccc(C(=N)N)cc1)c1ccccc1. The van der Waals surface area contributed by atoms with Crippen LogP contribution in [0, 0.1) is 5.41 Å². The van der Waals surface area contributed by atoms with Crippen molar-refractivity contribution in [3.63, 3.8) is 0 Å². The molecule has 2 atom stereocenters. The molecule has 9 nitrogen and oxygen atoms in total. The number of rotatable bonds is 13. The van der Waals surface area contributed by atoms with Gasteiger partial charge in [-0.15, -0.1) is 0 Å². The standard InChI is InChI=1S/C23H31N5O4S2/c1-3-34(31,32)28-20(17-7-5-4-6-8-17)23(30)27-19(13-14-33-2)22(29)26-15-16-9-11-18(12-10-16)21(24)25/h4-12,19-20,28H,3,13-15H2,1-2H3,(H3,24,25)(H,26,29)(H,27,30). The number of hydrogen-bond acceptors (Lipinski definition) is 6. The highest BCUT2D eigenvalue weighted by molar-refractivity contribution is 7.98. The number of carbonyl (C=O) groups excluding carboxylic acids is 2. The number of sulfonamides is 1. The van der Waals surface area contributed by atoms with Gasteiger partial charge in [-0.3, -0.25) is 15.0 Å². The summed E-state index contributed by atoms with van der Waals surface area (Å²) in [5, 5.41) is 13.0. The fourth-order valence-electron chi connectivity index (χ4n) is 3.06. The Labute approximate surface area is 204 Å². The van der Waals surface area contributed by atoms with Crippen LogP contribution in [-0.4, -0.2) is 49.9 Å². The van der Waals surface area contributed by atoms with Crippen LogP contribution < -0.4 is 21.1 Å². The number of benzene rings is 2. The van der Waals surface area contributed by atoms with Crippen LogP contribution in [0.5, 0.6) is 0 Å². The first-order valence-corrected chi connectivity index (χ1v) is 13.8. The van der Waals surface area contributed by atoms with E-state index in [9.17, 15) is 18.0 Å². The molecule has 0 aliphatic carbocycles. The van der Waals surface area contributed by atoms with E-state index in [2.05, 4.69) is 15.4 Å². The summed E-state index contributed by atoms with van der Waals surface area (Å²) in [6.07, 6.45) is 2.28. The fourth-order valence-corrected chi connectivity index (χ4v) is 4.30. The van der Waals surface area contributed by atoms with E-state index < -0.39 is 28.0 Å². The van der Waals surface area contributed by atoms with Crippen LogP contribution in [-0.2, 0) is 26.2 Å². The lowest BCUT2D eigenvalue weighted by atomic mass is 10.1. The van der Waals surface area contributed by atoms with Gasteiger partial charge in [0.1, 0.15) is 17.9 Å². The number of thioether (sulfide) groups is 1. The van der Waals surface area contributed by atoms with Gasteiger partial charge in [-0.25, -0.2) is 8.42 Å². The van der Waals surface area contributed by atoms with Gasteiger partial charge in [-0.1, -0.05) is 54.6 Å². The Morgan fingerprint density at radius 3 is 2.26 bits per heavy atom. The summed E-state index contributed by atoms with van der Waals surface area (Å²) in [7, 11) is -3.68. The number of nitrogen functional groups attached to an aromatic ring is 1. The second-order valence-electron chi connectivity index (χ2n) is 7.54. The summed E-state index contributed by atoms with van der Waals surface area (Å²) >= 11 is 1.54. The maximum atomic E-state index is 13.1. The molecule has 11 heteroatoms. The number of carbonyl (C=O) groups is 2. The van der Waals surface area contributed by atoms with Crippen LogP contribution in [0.25, 0.3) is 0 Å². The highest BCUT2D eigenvalue weighted by atomic mass is 32.2. The first-order valence-electron chi connectivity index (χ1n) is 10.7. The van der Waals surface area contributed by atoms with Crippen LogP contribution >= 0.6 is 11.8 Å². The minimum absolute atomic E-state index is 0.0397. The summed E-state index contributed by atoms with van der Waals surface area (Å²) in [5.41, 5.74) is 7.34. The van der Waals surface area contributed by atoms with E-state index >= 15 is 0 Å². The van der Waals surface area contributed by atoms with E-state index in [-0.39, 0.29) is 24.0 Å². The highest BCUT2D eigenvalue weighted by Gasteiger charge is 2.29. The molecule has 0 aliphatic rings. The second kappa shape index (κ2) is 13.1. The maximum absolute atomic E-state index is 13.1. The normalized spacial score (nSPS) is 13.0. The minimum atomic E-state index is -3.68. The van der Waals surface area contributed by atoms with Crippen molar-refractivity contribution in [2.24, 2.45) is 5.73 Å². The molecule has 2 unspecified atom stereocenters. The first kappa shape index (κ1) is 27.4. The Kier molecular flexibility index (Phi) is 10.6. The van der Waals surface area contributed by atoms with E-state index in [1.54, 1.807) is 54.6 Å². The van der Waals surface area contributed by atoms with Crippen molar-refractivity contribution in [2.75, 3.05) is 17.8 Å². The summed E-state index contributed by atoms with van der Waals surface area (Å²) in [5.74, 6) is -0.564. The van der Waals surface area contributed by atoms with Gasteiger partial charge in [0.15, 0.2) is 0 Å². The third kappa shape index (κ3) is 8.47. The van der Waals surface area contributed by atoms with Gasteiger partial charge in [0.2, 0.25) is 21.8 Å². The van der Waals surface area contributed by atoms with Crippen molar-refractivity contribution < 1.29 is 18.0 Å². The zero-order chi connectivity index (χ0) is 25.1. The van der Waals surface area contributed by atoms with Gasteiger partial charge in [-0.2, -0.15) is 16.5 Å². The molecule has 2 aromatic carbocycles. The van der Waals surface area contributed by atoms with Crippen LogP contribution in [0.1, 0.15) is 36.1 Å². The monoisotopic (exact) mass is 505 g/mol. The van der Waals surface area contributed by atoms with Crippen molar-refractivity contribution in [2.45, 2.75) is 32.0 Å². The molecule has 0 spiro atoms. The number of amides is 2. The molecule has 2 rings (SSSR count). The predicted molar refractivity (Wildman–Crippen MR) is 136 cm³/mol. The molecule has 0 saturated carbocycles. The van der Waals surface area contributed by atoms with Gasteiger partial charge in [0.25, 0.3) is 0 Å². The van der Waals surface area contributed by atoms with Crippen molar-refractivity contribution in [1.29, 1.82) is 5.41 Å². The molecule has 2 aromatic rings. The van der Waals surface area contributed by atoms with Crippen molar-refractivity contribution in [3.8, 4) is 0 Å². The van der Waals surface area contributed by atoms with E-state index in [1.165, 1.54) is 18.7 Å². The molecule has 0 aliphatic heterocycles. The van der Waals surface area contributed by atoms with Gasteiger partial charge < -0.3 is 16.4 Å². The van der Waals surface area contributed by atoms with E-state index in [1.807, 2.05) is 6.26 Å². The Bertz CT molecular complexity index is 1080. The largest absolute Gasteiger partial charge is 0.384 e. The summed E-state index contributed by atoms with van der Waals surface area (Å²) < 4.78 is 26.8. The first-order chi connectivity index (χ1) is 16.2. The van der Waals surface area contributed by atoms with Crippen molar-refractivity contribution in [3.05, 3.63) is 71.3 Å². The Balaban J connectivity index is 2.14.